The lowest BCUT2D eigenvalue weighted by Gasteiger charge is -2.33. The molecule has 0 spiro atoms. The highest BCUT2D eigenvalue weighted by Crippen LogP contribution is 2.31. The molecule has 4 nitrogen and oxygen atoms in total. The lowest BCUT2D eigenvalue weighted by atomic mass is 10.1. The monoisotopic (exact) mass is 262 g/mol. The van der Waals surface area contributed by atoms with E-state index in [4.69, 9.17) is 5.73 Å². The summed E-state index contributed by atoms with van der Waals surface area (Å²) < 4.78 is 0. The SMILES string of the molecule is Cc1nc(N)c(C)c(N(CC(C)C)C2CCCC2)n1. The molecule has 4 heteroatoms. The highest BCUT2D eigenvalue weighted by atomic mass is 15.2. The van der Waals surface area contributed by atoms with E-state index in [2.05, 4.69) is 28.7 Å². The van der Waals surface area contributed by atoms with Gasteiger partial charge < -0.3 is 10.6 Å². The first kappa shape index (κ1) is 14.1. The summed E-state index contributed by atoms with van der Waals surface area (Å²) in [4.78, 5) is 11.4. The molecule has 1 aromatic rings. The van der Waals surface area contributed by atoms with Gasteiger partial charge in [-0.15, -0.1) is 0 Å². The van der Waals surface area contributed by atoms with Crippen LogP contribution < -0.4 is 10.6 Å². The summed E-state index contributed by atoms with van der Waals surface area (Å²) in [6.07, 6.45) is 5.21. The minimum absolute atomic E-state index is 0.620. The minimum Gasteiger partial charge on any atom is -0.383 e. The normalized spacial score (nSPS) is 16.3. The minimum atomic E-state index is 0.620. The second-order valence-electron chi connectivity index (χ2n) is 6.09. The van der Waals surface area contributed by atoms with Gasteiger partial charge in [-0.1, -0.05) is 26.7 Å². The molecule has 0 aromatic carbocycles. The van der Waals surface area contributed by atoms with Crippen LogP contribution in [0.4, 0.5) is 11.6 Å². The molecule has 1 aliphatic carbocycles. The van der Waals surface area contributed by atoms with Crippen molar-refractivity contribution in [1.82, 2.24) is 9.97 Å². The van der Waals surface area contributed by atoms with Crippen molar-refractivity contribution in [3.8, 4) is 0 Å². The number of aryl methyl sites for hydroxylation is 1. The summed E-state index contributed by atoms with van der Waals surface area (Å²) in [5, 5.41) is 0. The Morgan fingerprint density at radius 1 is 1.21 bits per heavy atom. The average Bonchev–Trinajstić information content (AvgIpc) is 2.84. The second kappa shape index (κ2) is 5.76. The quantitative estimate of drug-likeness (QED) is 0.906. The first-order valence-corrected chi connectivity index (χ1v) is 7.36. The van der Waals surface area contributed by atoms with Crippen molar-refractivity contribution in [2.75, 3.05) is 17.2 Å². The van der Waals surface area contributed by atoms with Gasteiger partial charge >= 0.3 is 0 Å². The van der Waals surface area contributed by atoms with Crippen molar-refractivity contribution in [2.24, 2.45) is 5.92 Å². The lowest BCUT2D eigenvalue weighted by Crippen LogP contribution is -2.37. The molecule has 106 valence electrons. The van der Waals surface area contributed by atoms with Crippen molar-refractivity contribution >= 4 is 11.6 Å². The molecule has 0 unspecified atom stereocenters. The van der Waals surface area contributed by atoms with Gasteiger partial charge in [0.05, 0.1) is 0 Å². The topological polar surface area (TPSA) is 55.0 Å². The van der Waals surface area contributed by atoms with Crippen LogP contribution in [0.5, 0.6) is 0 Å². The number of nitrogens with two attached hydrogens (primary N) is 1. The molecule has 0 aliphatic heterocycles. The molecule has 0 radical (unpaired) electrons. The highest BCUT2D eigenvalue weighted by molar-refractivity contribution is 5.57. The molecule has 1 heterocycles. The molecule has 0 amide bonds. The van der Waals surface area contributed by atoms with E-state index < -0.39 is 0 Å². The Hall–Kier alpha value is -1.32. The van der Waals surface area contributed by atoms with Gasteiger partial charge in [0.2, 0.25) is 0 Å². The summed E-state index contributed by atoms with van der Waals surface area (Å²) >= 11 is 0. The number of hydrogen-bond acceptors (Lipinski definition) is 4. The third-order valence-corrected chi connectivity index (χ3v) is 3.87. The fourth-order valence-electron chi connectivity index (χ4n) is 2.93. The molecule has 0 saturated heterocycles. The van der Waals surface area contributed by atoms with Crippen LogP contribution in [0.2, 0.25) is 0 Å². The molecule has 1 aromatic heterocycles. The Morgan fingerprint density at radius 3 is 2.42 bits per heavy atom. The predicted octanol–water partition coefficient (Wildman–Crippen LogP) is 3.08. The van der Waals surface area contributed by atoms with Gasteiger partial charge in [0.15, 0.2) is 0 Å². The molecular weight excluding hydrogens is 236 g/mol. The summed E-state index contributed by atoms with van der Waals surface area (Å²) in [5.74, 6) is 3.06. The van der Waals surface area contributed by atoms with Crippen molar-refractivity contribution in [2.45, 2.75) is 59.4 Å². The van der Waals surface area contributed by atoms with Crippen molar-refractivity contribution in [3.63, 3.8) is 0 Å². The Balaban J connectivity index is 2.36. The van der Waals surface area contributed by atoms with Crippen LogP contribution in [0.1, 0.15) is 50.9 Å². The molecule has 0 bridgehead atoms. The molecule has 0 atom stereocenters. The van der Waals surface area contributed by atoms with Crippen molar-refractivity contribution in [3.05, 3.63) is 11.4 Å². The second-order valence-corrected chi connectivity index (χ2v) is 6.09. The maximum Gasteiger partial charge on any atom is 0.137 e. The van der Waals surface area contributed by atoms with E-state index in [-0.39, 0.29) is 0 Å². The summed E-state index contributed by atoms with van der Waals surface area (Å²) in [5.41, 5.74) is 7.04. The van der Waals surface area contributed by atoms with Gasteiger partial charge in [0, 0.05) is 18.2 Å². The maximum absolute atomic E-state index is 6.01. The molecular formula is C15H26N4. The summed E-state index contributed by atoms with van der Waals surface area (Å²) in [6, 6.07) is 0.620. The van der Waals surface area contributed by atoms with E-state index in [1.807, 2.05) is 13.8 Å². The van der Waals surface area contributed by atoms with Crippen molar-refractivity contribution in [1.29, 1.82) is 0 Å². The predicted molar refractivity (Wildman–Crippen MR) is 80.4 cm³/mol. The highest BCUT2D eigenvalue weighted by Gasteiger charge is 2.26. The standard InChI is InChI=1S/C15H26N4/c1-10(2)9-19(13-7-5-6-8-13)15-11(3)14(16)17-12(4)18-15/h10,13H,5-9H2,1-4H3,(H2,16,17,18). The first-order chi connectivity index (χ1) is 8.99. The number of anilines is 2. The molecule has 19 heavy (non-hydrogen) atoms. The van der Waals surface area contributed by atoms with Crippen LogP contribution in [0.15, 0.2) is 0 Å². The zero-order valence-corrected chi connectivity index (χ0v) is 12.6. The summed E-state index contributed by atoms with van der Waals surface area (Å²) in [6.45, 7) is 9.51. The van der Waals surface area contributed by atoms with Gasteiger partial charge in [0.25, 0.3) is 0 Å². The van der Waals surface area contributed by atoms with Crippen LogP contribution in [0, 0.1) is 19.8 Å². The fourth-order valence-corrected chi connectivity index (χ4v) is 2.93. The number of hydrogen-bond donors (Lipinski definition) is 1. The van der Waals surface area contributed by atoms with Gasteiger partial charge in [0.1, 0.15) is 17.5 Å². The van der Waals surface area contributed by atoms with Gasteiger partial charge in [-0.05, 0) is 32.6 Å². The Morgan fingerprint density at radius 2 is 1.84 bits per heavy atom. The molecule has 1 fully saturated rings. The van der Waals surface area contributed by atoms with Crippen LogP contribution in [-0.2, 0) is 0 Å². The first-order valence-electron chi connectivity index (χ1n) is 7.36. The van der Waals surface area contributed by atoms with E-state index in [0.29, 0.717) is 17.8 Å². The smallest absolute Gasteiger partial charge is 0.137 e. The Bertz CT molecular complexity index is 436. The molecule has 1 saturated carbocycles. The fraction of sp³-hybridized carbons (Fsp3) is 0.733. The van der Waals surface area contributed by atoms with Gasteiger partial charge in [-0.2, -0.15) is 0 Å². The Kier molecular flexibility index (Phi) is 4.27. The van der Waals surface area contributed by atoms with Crippen LogP contribution in [-0.4, -0.2) is 22.6 Å². The summed E-state index contributed by atoms with van der Waals surface area (Å²) in [7, 11) is 0. The Labute approximate surface area is 116 Å². The number of rotatable bonds is 4. The van der Waals surface area contributed by atoms with Crippen LogP contribution in [0.3, 0.4) is 0 Å². The lowest BCUT2D eigenvalue weighted by molar-refractivity contribution is 0.529. The van der Waals surface area contributed by atoms with E-state index in [9.17, 15) is 0 Å². The van der Waals surface area contributed by atoms with Gasteiger partial charge in [-0.3, -0.25) is 0 Å². The van der Waals surface area contributed by atoms with Crippen LogP contribution in [0.25, 0.3) is 0 Å². The van der Waals surface area contributed by atoms with E-state index in [1.165, 1.54) is 25.7 Å². The van der Waals surface area contributed by atoms with Crippen molar-refractivity contribution < 1.29 is 0 Å². The third kappa shape index (κ3) is 3.17. The zero-order valence-electron chi connectivity index (χ0n) is 12.6. The number of nitrogen functional groups attached to an aromatic ring is 1. The third-order valence-electron chi connectivity index (χ3n) is 3.87. The molecule has 1 aliphatic rings. The van der Waals surface area contributed by atoms with Crippen LogP contribution >= 0.6 is 0 Å². The number of aromatic nitrogens is 2. The maximum atomic E-state index is 6.01. The zero-order chi connectivity index (χ0) is 14.0. The average molecular weight is 262 g/mol. The number of nitrogens with zero attached hydrogens (tertiary/aromatic N) is 3. The largest absolute Gasteiger partial charge is 0.383 e. The van der Waals surface area contributed by atoms with E-state index in [1.54, 1.807) is 0 Å². The van der Waals surface area contributed by atoms with E-state index >= 15 is 0 Å². The molecule has 2 rings (SSSR count). The molecule has 2 N–H and O–H groups in total. The van der Waals surface area contributed by atoms with E-state index in [0.717, 1.165) is 23.8 Å². The van der Waals surface area contributed by atoms with Gasteiger partial charge in [-0.25, -0.2) is 9.97 Å².